The number of thioether (sulfide) groups is 1. The lowest BCUT2D eigenvalue weighted by atomic mass is 10.2. The first-order chi connectivity index (χ1) is 21.1. The van der Waals surface area contributed by atoms with Crippen molar-refractivity contribution in [2.24, 2.45) is 5.92 Å². The van der Waals surface area contributed by atoms with Crippen LogP contribution in [0, 0.1) is 5.92 Å². The molecular formula is C30H57N3O10S. The summed E-state index contributed by atoms with van der Waals surface area (Å²) in [5, 5.41) is 0. The lowest BCUT2D eigenvalue weighted by Crippen LogP contribution is -2.35. The third-order valence-corrected chi connectivity index (χ3v) is 7.27. The molecule has 0 saturated heterocycles. The zero-order valence-electron chi connectivity index (χ0n) is 27.8. The molecule has 1 atom stereocenters. The first-order valence-electron chi connectivity index (χ1n) is 15.3. The van der Waals surface area contributed by atoms with Gasteiger partial charge < -0.3 is 43.1 Å². The topological polar surface area (TPSA) is 133 Å². The van der Waals surface area contributed by atoms with Gasteiger partial charge in [-0.05, 0) is 59.4 Å². The van der Waals surface area contributed by atoms with Crippen LogP contribution in [0.1, 0.15) is 39.0 Å². The lowest BCUT2D eigenvalue weighted by molar-refractivity contribution is -0.154. The van der Waals surface area contributed by atoms with E-state index in [1.54, 1.807) is 26.0 Å². The largest absolute Gasteiger partial charge is 0.463 e. The summed E-state index contributed by atoms with van der Waals surface area (Å²) in [5.41, 5.74) is 0. The number of nitrogens with zero attached hydrogens (tertiary/aromatic N) is 3. The molecular weight excluding hydrogens is 594 g/mol. The Balaban J connectivity index is 4.84. The number of esters is 4. The van der Waals surface area contributed by atoms with Gasteiger partial charge in [0.2, 0.25) is 0 Å². The van der Waals surface area contributed by atoms with Crippen LogP contribution in [0.5, 0.6) is 0 Å². The molecule has 0 spiro atoms. The van der Waals surface area contributed by atoms with Crippen LogP contribution in [0.4, 0.5) is 0 Å². The van der Waals surface area contributed by atoms with E-state index in [0.29, 0.717) is 45.1 Å². The Labute approximate surface area is 268 Å². The van der Waals surface area contributed by atoms with Gasteiger partial charge in [0.15, 0.2) is 0 Å². The molecule has 0 saturated carbocycles. The minimum atomic E-state index is -0.337. The van der Waals surface area contributed by atoms with Gasteiger partial charge in [-0.3, -0.25) is 19.2 Å². The molecule has 0 aromatic rings. The van der Waals surface area contributed by atoms with Crippen molar-refractivity contribution in [3.63, 3.8) is 0 Å². The SMILES string of the molecule is COCCOC(=O)CCN(CCCN(CCCN(C)C)CCC(=O)OCCOC(=O)C(C)CSC)CCC(=O)OCCOC. The number of hydrogen-bond acceptors (Lipinski definition) is 14. The number of rotatable bonds is 29. The van der Waals surface area contributed by atoms with Crippen molar-refractivity contribution in [2.45, 2.75) is 39.0 Å². The first kappa shape index (κ1) is 42.0. The fourth-order valence-electron chi connectivity index (χ4n) is 4.00. The van der Waals surface area contributed by atoms with Gasteiger partial charge >= 0.3 is 23.9 Å². The Morgan fingerprint density at radius 3 is 1.39 bits per heavy atom. The summed E-state index contributed by atoms with van der Waals surface area (Å²) in [6.45, 7) is 7.54. The molecule has 0 amide bonds. The Hall–Kier alpha value is -1.97. The smallest absolute Gasteiger partial charge is 0.309 e. The van der Waals surface area contributed by atoms with Crippen molar-refractivity contribution in [1.82, 2.24) is 14.7 Å². The van der Waals surface area contributed by atoms with E-state index < -0.39 is 0 Å². The molecule has 1 unspecified atom stereocenters. The number of methoxy groups -OCH3 is 2. The minimum Gasteiger partial charge on any atom is -0.463 e. The normalized spacial score (nSPS) is 12.0. The quantitative estimate of drug-likeness (QED) is 0.0658. The maximum atomic E-state index is 12.4. The van der Waals surface area contributed by atoms with E-state index in [0.717, 1.165) is 32.5 Å². The van der Waals surface area contributed by atoms with Crippen molar-refractivity contribution in [1.29, 1.82) is 0 Å². The maximum absolute atomic E-state index is 12.4. The Morgan fingerprint density at radius 1 is 0.591 bits per heavy atom. The zero-order valence-corrected chi connectivity index (χ0v) is 28.7. The van der Waals surface area contributed by atoms with Crippen LogP contribution in [-0.4, -0.2) is 164 Å². The van der Waals surface area contributed by atoms with Gasteiger partial charge in [-0.2, -0.15) is 11.8 Å². The molecule has 0 aromatic heterocycles. The summed E-state index contributed by atoms with van der Waals surface area (Å²) in [6.07, 6.45) is 4.28. The summed E-state index contributed by atoms with van der Waals surface area (Å²) in [7, 11) is 7.13. The third-order valence-electron chi connectivity index (χ3n) is 6.44. The summed E-state index contributed by atoms with van der Waals surface area (Å²) in [6, 6.07) is 0. The van der Waals surface area contributed by atoms with Crippen LogP contribution in [-0.2, 0) is 47.6 Å². The lowest BCUT2D eigenvalue weighted by Gasteiger charge is -2.26. The second kappa shape index (κ2) is 28.5. The van der Waals surface area contributed by atoms with Crippen molar-refractivity contribution in [3.05, 3.63) is 0 Å². The second-order valence-electron chi connectivity index (χ2n) is 10.6. The number of ether oxygens (including phenoxy) is 6. The van der Waals surface area contributed by atoms with Crippen LogP contribution in [0.25, 0.3) is 0 Å². The first-order valence-corrected chi connectivity index (χ1v) is 16.7. The summed E-state index contributed by atoms with van der Waals surface area (Å²) in [5.74, 6) is -0.774. The average molecular weight is 652 g/mol. The molecule has 0 aliphatic carbocycles. The van der Waals surface area contributed by atoms with Crippen LogP contribution in [0.3, 0.4) is 0 Å². The van der Waals surface area contributed by atoms with Gasteiger partial charge in [0, 0.05) is 39.6 Å². The highest BCUT2D eigenvalue weighted by molar-refractivity contribution is 7.98. The van der Waals surface area contributed by atoms with Crippen molar-refractivity contribution in [2.75, 3.05) is 126 Å². The standard InChI is InChI=1S/C30H57N3O10S/c1-26(25-44-6)30(37)43-24-23-42-29(36)9-16-32(13-7-12-31(2)3)14-8-15-33(17-10-27(34)40-21-19-38-4)18-11-28(35)41-22-20-39-5/h26H,7-25H2,1-6H3. The van der Waals surface area contributed by atoms with Gasteiger partial charge in [0.1, 0.15) is 26.4 Å². The molecule has 0 rings (SSSR count). The predicted molar refractivity (Wildman–Crippen MR) is 170 cm³/mol. The van der Waals surface area contributed by atoms with Gasteiger partial charge in [-0.25, -0.2) is 0 Å². The Kier molecular flexibility index (Phi) is 27.2. The van der Waals surface area contributed by atoms with Crippen LogP contribution in [0.2, 0.25) is 0 Å². The molecule has 0 aromatic carbocycles. The minimum absolute atomic E-state index is 0.0357. The summed E-state index contributed by atoms with van der Waals surface area (Å²) < 4.78 is 30.6. The molecule has 0 aliphatic heterocycles. The van der Waals surface area contributed by atoms with E-state index in [9.17, 15) is 19.2 Å². The molecule has 14 heteroatoms. The molecule has 0 radical (unpaired) electrons. The Morgan fingerprint density at radius 2 is 0.977 bits per heavy atom. The molecule has 258 valence electrons. The van der Waals surface area contributed by atoms with Gasteiger partial charge in [-0.1, -0.05) is 6.92 Å². The Bertz CT molecular complexity index is 749. The molecule has 0 heterocycles. The molecule has 0 N–H and O–H groups in total. The number of carbonyl (C=O) groups is 4. The number of hydrogen-bond donors (Lipinski definition) is 0. The predicted octanol–water partition coefficient (Wildman–Crippen LogP) is 1.57. The van der Waals surface area contributed by atoms with Gasteiger partial charge in [0.25, 0.3) is 0 Å². The van der Waals surface area contributed by atoms with Crippen LogP contribution >= 0.6 is 11.8 Å². The number of carbonyl (C=O) groups excluding carboxylic acids is 4. The monoisotopic (exact) mass is 651 g/mol. The second-order valence-corrected chi connectivity index (χ2v) is 11.5. The highest BCUT2D eigenvalue weighted by Crippen LogP contribution is 2.07. The van der Waals surface area contributed by atoms with Crippen LogP contribution in [0.15, 0.2) is 0 Å². The highest BCUT2D eigenvalue weighted by Gasteiger charge is 2.16. The van der Waals surface area contributed by atoms with Gasteiger partial charge in [0.05, 0.1) is 38.4 Å². The van der Waals surface area contributed by atoms with Crippen molar-refractivity contribution in [3.8, 4) is 0 Å². The molecule has 13 nitrogen and oxygen atoms in total. The highest BCUT2D eigenvalue weighted by atomic mass is 32.2. The van der Waals surface area contributed by atoms with Crippen LogP contribution < -0.4 is 0 Å². The van der Waals surface area contributed by atoms with E-state index in [4.69, 9.17) is 28.4 Å². The fourth-order valence-corrected chi connectivity index (χ4v) is 4.64. The zero-order chi connectivity index (χ0) is 33.0. The fraction of sp³-hybridized carbons (Fsp3) is 0.867. The third kappa shape index (κ3) is 25.4. The van der Waals surface area contributed by atoms with Crippen molar-refractivity contribution >= 4 is 35.6 Å². The molecule has 0 aliphatic rings. The van der Waals surface area contributed by atoms with E-state index in [2.05, 4.69) is 14.7 Å². The molecule has 0 bridgehead atoms. The summed E-state index contributed by atoms with van der Waals surface area (Å²) in [4.78, 5) is 54.9. The van der Waals surface area contributed by atoms with E-state index >= 15 is 0 Å². The maximum Gasteiger partial charge on any atom is 0.309 e. The average Bonchev–Trinajstić information content (AvgIpc) is 2.98. The van der Waals surface area contributed by atoms with E-state index in [1.165, 1.54) is 0 Å². The van der Waals surface area contributed by atoms with Crippen molar-refractivity contribution < 1.29 is 47.6 Å². The van der Waals surface area contributed by atoms with E-state index in [-0.39, 0.29) is 75.5 Å². The molecule has 0 fully saturated rings. The summed E-state index contributed by atoms with van der Waals surface area (Å²) >= 11 is 1.58. The van der Waals surface area contributed by atoms with E-state index in [1.807, 2.05) is 27.3 Å². The van der Waals surface area contributed by atoms with Gasteiger partial charge in [-0.15, -0.1) is 0 Å². The molecule has 44 heavy (non-hydrogen) atoms.